The number of carbonyl (C=O) groups is 2. The first-order chi connectivity index (χ1) is 9.27. The second-order valence-electron chi connectivity index (χ2n) is 3.60. The molecule has 0 unspecified atom stereocenters. The van der Waals surface area contributed by atoms with Gasteiger partial charge in [-0.3, -0.25) is 4.79 Å². The molecule has 0 radical (unpaired) electrons. The van der Waals surface area contributed by atoms with Crippen LogP contribution in [0.2, 0.25) is 0 Å². The molecule has 5 nitrogen and oxygen atoms in total. The number of nitrogens with two attached hydrogens (primary N) is 1. The largest absolute Gasteiger partial charge is 0.490 e. The van der Waals surface area contributed by atoms with Crippen LogP contribution >= 0.6 is 0 Å². The minimum Gasteiger partial charge on any atom is -0.475 e. The fourth-order valence-corrected chi connectivity index (χ4v) is 1.02. The third-order valence-electron chi connectivity index (χ3n) is 1.95. The molecule has 0 aliphatic carbocycles. The van der Waals surface area contributed by atoms with Crippen molar-refractivity contribution in [3.05, 3.63) is 35.9 Å². The number of amides is 1. The van der Waals surface area contributed by atoms with E-state index in [0.717, 1.165) is 5.56 Å². The number of benzene rings is 1. The first-order valence-electron chi connectivity index (χ1n) is 5.58. The van der Waals surface area contributed by atoms with Gasteiger partial charge in [0.2, 0.25) is 5.91 Å². The maximum absolute atomic E-state index is 11.0. The van der Waals surface area contributed by atoms with Crippen LogP contribution in [0.4, 0.5) is 13.2 Å². The lowest BCUT2D eigenvalue weighted by Gasteiger charge is -2.03. The molecule has 0 bridgehead atoms. The van der Waals surface area contributed by atoms with Crippen molar-refractivity contribution in [1.82, 2.24) is 5.32 Å². The van der Waals surface area contributed by atoms with Gasteiger partial charge < -0.3 is 16.2 Å². The van der Waals surface area contributed by atoms with E-state index >= 15 is 0 Å². The average molecular weight is 292 g/mol. The molecule has 8 heteroatoms. The molecule has 0 heterocycles. The molecule has 0 aliphatic heterocycles. The van der Waals surface area contributed by atoms with Crippen molar-refractivity contribution in [2.45, 2.75) is 19.1 Å². The zero-order valence-electron chi connectivity index (χ0n) is 10.5. The Balaban J connectivity index is 0.000000441. The van der Waals surface area contributed by atoms with E-state index in [2.05, 4.69) is 5.32 Å². The molecule has 0 saturated carbocycles. The average Bonchev–Trinajstić information content (AvgIpc) is 2.37. The standard InChI is InChI=1S/C10H14N2O.C2HF3O2/c11-7-6-10(13)12-8-9-4-2-1-3-5-9;3-2(4,5)1(6)7/h1-5H,6-8,11H2,(H,12,13);(H,6,7). The first kappa shape index (κ1) is 17.9. The highest BCUT2D eigenvalue weighted by Crippen LogP contribution is 2.13. The molecule has 0 spiro atoms. The van der Waals surface area contributed by atoms with Gasteiger partial charge in [-0.15, -0.1) is 0 Å². The molecule has 4 N–H and O–H groups in total. The molecule has 1 aromatic carbocycles. The lowest BCUT2D eigenvalue weighted by atomic mass is 10.2. The van der Waals surface area contributed by atoms with Crippen LogP contribution in [-0.2, 0) is 16.1 Å². The van der Waals surface area contributed by atoms with Crippen molar-refractivity contribution >= 4 is 11.9 Å². The van der Waals surface area contributed by atoms with E-state index in [0.29, 0.717) is 19.5 Å². The van der Waals surface area contributed by atoms with Gasteiger partial charge in [0.25, 0.3) is 0 Å². The number of carboxylic acids is 1. The van der Waals surface area contributed by atoms with Crippen LogP contribution in [0.1, 0.15) is 12.0 Å². The summed E-state index contributed by atoms with van der Waals surface area (Å²) in [6.07, 6.45) is -4.69. The second kappa shape index (κ2) is 8.92. The Morgan fingerprint density at radius 1 is 1.20 bits per heavy atom. The third kappa shape index (κ3) is 8.92. The lowest BCUT2D eigenvalue weighted by molar-refractivity contribution is -0.192. The summed E-state index contributed by atoms with van der Waals surface area (Å²) < 4.78 is 31.7. The molecule has 20 heavy (non-hydrogen) atoms. The monoisotopic (exact) mass is 292 g/mol. The lowest BCUT2D eigenvalue weighted by Crippen LogP contribution is -2.24. The molecule has 0 fully saturated rings. The van der Waals surface area contributed by atoms with E-state index in [-0.39, 0.29) is 5.91 Å². The highest BCUT2D eigenvalue weighted by atomic mass is 19.4. The summed E-state index contributed by atoms with van der Waals surface area (Å²) in [6, 6.07) is 9.80. The number of carbonyl (C=O) groups excluding carboxylic acids is 1. The summed E-state index contributed by atoms with van der Waals surface area (Å²) in [7, 11) is 0. The fraction of sp³-hybridized carbons (Fsp3) is 0.333. The summed E-state index contributed by atoms with van der Waals surface area (Å²) >= 11 is 0. The van der Waals surface area contributed by atoms with Gasteiger partial charge in [0.15, 0.2) is 0 Å². The highest BCUT2D eigenvalue weighted by molar-refractivity contribution is 5.76. The van der Waals surface area contributed by atoms with Gasteiger partial charge in [0.05, 0.1) is 0 Å². The molecule has 0 aromatic heterocycles. The van der Waals surface area contributed by atoms with Gasteiger partial charge in [-0.2, -0.15) is 13.2 Å². The highest BCUT2D eigenvalue weighted by Gasteiger charge is 2.38. The summed E-state index contributed by atoms with van der Waals surface area (Å²) in [5, 5.41) is 9.91. The zero-order chi connectivity index (χ0) is 15.6. The zero-order valence-corrected chi connectivity index (χ0v) is 10.5. The van der Waals surface area contributed by atoms with Crippen LogP contribution in [0.25, 0.3) is 0 Å². The number of aliphatic carboxylic acids is 1. The summed E-state index contributed by atoms with van der Waals surface area (Å²) in [5.41, 5.74) is 6.34. The Hall–Kier alpha value is -2.09. The summed E-state index contributed by atoms with van der Waals surface area (Å²) in [4.78, 5) is 19.9. The second-order valence-corrected chi connectivity index (χ2v) is 3.60. The van der Waals surface area contributed by atoms with E-state index in [1.165, 1.54) is 0 Å². The van der Waals surface area contributed by atoms with Crippen molar-refractivity contribution < 1.29 is 27.9 Å². The summed E-state index contributed by atoms with van der Waals surface area (Å²) in [5.74, 6) is -2.75. The number of carboxylic acid groups (broad SMARTS) is 1. The first-order valence-corrected chi connectivity index (χ1v) is 5.58. The number of halogens is 3. The van der Waals surface area contributed by atoms with E-state index in [1.807, 2.05) is 30.3 Å². The number of alkyl halides is 3. The Bertz CT molecular complexity index is 422. The van der Waals surface area contributed by atoms with Gasteiger partial charge in [0.1, 0.15) is 0 Å². The fourth-order valence-electron chi connectivity index (χ4n) is 1.02. The maximum atomic E-state index is 11.0. The van der Waals surface area contributed by atoms with Crippen molar-refractivity contribution in [3.8, 4) is 0 Å². The molecule has 0 aliphatic rings. The number of rotatable bonds is 4. The number of hydrogen-bond acceptors (Lipinski definition) is 3. The number of hydrogen-bond donors (Lipinski definition) is 3. The SMILES string of the molecule is NCCC(=O)NCc1ccccc1.O=C(O)C(F)(F)F. The Morgan fingerprint density at radius 2 is 1.70 bits per heavy atom. The molecular formula is C12H15F3N2O3. The van der Waals surface area contributed by atoms with Gasteiger partial charge in [-0.1, -0.05) is 30.3 Å². The van der Waals surface area contributed by atoms with Crippen LogP contribution in [0.15, 0.2) is 30.3 Å². The molecule has 0 saturated heterocycles. The van der Waals surface area contributed by atoms with Crippen molar-refractivity contribution in [1.29, 1.82) is 0 Å². The molecular weight excluding hydrogens is 277 g/mol. The molecule has 0 atom stereocenters. The van der Waals surface area contributed by atoms with Crippen molar-refractivity contribution in [2.24, 2.45) is 5.73 Å². The van der Waals surface area contributed by atoms with Crippen LogP contribution in [-0.4, -0.2) is 29.7 Å². The normalized spacial score (nSPS) is 10.2. The maximum Gasteiger partial charge on any atom is 0.490 e. The van der Waals surface area contributed by atoms with Crippen molar-refractivity contribution in [3.63, 3.8) is 0 Å². The van der Waals surface area contributed by atoms with Gasteiger partial charge in [0, 0.05) is 19.5 Å². The van der Waals surface area contributed by atoms with Gasteiger partial charge in [-0.05, 0) is 5.56 Å². The van der Waals surface area contributed by atoms with Crippen LogP contribution < -0.4 is 11.1 Å². The quantitative estimate of drug-likeness (QED) is 0.779. The van der Waals surface area contributed by atoms with Crippen LogP contribution in [0.3, 0.4) is 0 Å². The smallest absolute Gasteiger partial charge is 0.475 e. The molecule has 1 amide bonds. The summed E-state index contributed by atoms with van der Waals surface area (Å²) in [6.45, 7) is 0.986. The molecule has 1 rings (SSSR count). The third-order valence-corrected chi connectivity index (χ3v) is 1.95. The predicted molar refractivity (Wildman–Crippen MR) is 65.7 cm³/mol. The van der Waals surface area contributed by atoms with E-state index in [4.69, 9.17) is 15.6 Å². The Labute approximate surface area is 113 Å². The van der Waals surface area contributed by atoms with E-state index in [9.17, 15) is 18.0 Å². The Morgan fingerprint density at radius 3 is 2.10 bits per heavy atom. The predicted octanol–water partition coefficient (Wildman–Crippen LogP) is 1.28. The van der Waals surface area contributed by atoms with E-state index < -0.39 is 12.1 Å². The van der Waals surface area contributed by atoms with Crippen LogP contribution in [0, 0.1) is 0 Å². The van der Waals surface area contributed by atoms with E-state index in [1.54, 1.807) is 0 Å². The minimum atomic E-state index is -5.08. The minimum absolute atomic E-state index is 0.00588. The van der Waals surface area contributed by atoms with Gasteiger partial charge >= 0.3 is 12.1 Å². The topological polar surface area (TPSA) is 92.4 Å². The van der Waals surface area contributed by atoms with Gasteiger partial charge in [-0.25, -0.2) is 4.79 Å². The number of nitrogens with one attached hydrogen (secondary N) is 1. The Kier molecular flexibility index (Phi) is 7.98. The van der Waals surface area contributed by atoms with Crippen molar-refractivity contribution in [2.75, 3.05) is 6.54 Å². The molecule has 112 valence electrons. The molecule has 1 aromatic rings. The van der Waals surface area contributed by atoms with Crippen LogP contribution in [0.5, 0.6) is 0 Å².